The number of phenols is 1. The lowest BCUT2D eigenvalue weighted by molar-refractivity contribution is -0.384. The first-order chi connectivity index (χ1) is 9.90. The first kappa shape index (κ1) is 14.4. The molecule has 0 unspecified atom stereocenters. The van der Waals surface area contributed by atoms with Crippen molar-refractivity contribution in [2.75, 3.05) is 5.32 Å². The number of nitro benzene ring substituents is 1. The fraction of sp³-hybridized carbons (Fsp3) is 0. The fourth-order valence-electron chi connectivity index (χ4n) is 1.64. The average molecular weight is 294 g/mol. The van der Waals surface area contributed by atoms with Crippen molar-refractivity contribution in [2.24, 2.45) is 0 Å². The molecule has 0 saturated carbocycles. The number of amides is 1. The third-order valence-electron chi connectivity index (χ3n) is 2.63. The van der Waals surface area contributed by atoms with E-state index in [1.807, 2.05) is 5.32 Å². The number of hydrogen-bond acceptors (Lipinski definition) is 4. The smallest absolute Gasteiger partial charge is 0.271 e. The molecule has 0 aliphatic rings. The normalized spacial score (nSPS) is 10.2. The molecule has 2 aromatic rings. The Hall–Kier alpha value is -3.03. The lowest BCUT2D eigenvalue weighted by Gasteiger charge is -2.08. The van der Waals surface area contributed by atoms with Gasteiger partial charge in [0.2, 0.25) is 0 Å². The van der Waals surface area contributed by atoms with Crippen molar-refractivity contribution in [3.05, 3.63) is 63.7 Å². The maximum absolute atomic E-state index is 13.4. The molecule has 0 spiro atoms. The number of aromatic hydroxyl groups is 1. The van der Waals surface area contributed by atoms with Crippen molar-refractivity contribution in [3.8, 4) is 5.75 Å². The Kier molecular flexibility index (Phi) is 3.79. The fourth-order valence-corrected chi connectivity index (χ4v) is 1.64. The Morgan fingerprint density at radius 2 is 1.81 bits per heavy atom. The number of carbonyl (C=O) groups excluding carboxylic acids is 1. The second-order valence-electron chi connectivity index (χ2n) is 4.01. The number of nitrogens with one attached hydrogen (secondary N) is 1. The largest absolute Gasteiger partial charge is 0.506 e. The lowest BCUT2D eigenvalue weighted by atomic mass is 10.1. The lowest BCUT2D eigenvalue weighted by Crippen LogP contribution is -2.16. The Morgan fingerprint density at radius 3 is 2.38 bits per heavy atom. The minimum absolute atomic E-state index is 0.322. The zero-order valence-electron chi connectivity index (χ0n) is 10.3. The first-order valence-corrected chi connectivity index (χ1v) is 5.63. The summed E-state index contributed by atoms with van der Waals surface area (Å²) in [6.07, 6.45) is 0. The van der Waals surface area contributed by atoms with E-state index >= 15 is 0 Å². The molecule has 0 saturated heterocycles. The van der Waals surface area contributed by atoms with Crippen LogP contribution in [0.25, 0.3) is 0 Å². The van der Waals surface area contributed by atoms with E-state index in [2.05, 4.69) is 0 Å². The predicted octanol–water partition coefficient (Wildman–Crippen LogP) is 2.83. The molecule has 2 N–H and O–H groups in total. The molecule has 1 amide bonds. The molecule has 0 fully saturated rings. The van der Waals surface area contributed by atoms with Gasteiger partial charge >= 0.3 is 0 Å². The Labute approximate surface area is 116 Å². The Morgan fingerprint density at radius 1 is 1.19 bits per heavy atom. The molecule has 0 bridgehead atoms. The second kappa shape index (κ2) is 5.53. The topological polar surface area (TPSA) is 92.5 Å². The van der Waals surface area contributed by atoms with Crippen LogP contribution in [-0.2, 0) is 0 Å². The minimum Gasteiger partial charge on any atom is -0.506 e. The van der Waals surface area contributed by atoms with E-state index in [1.165, 1.54) is 0 Å². The summed E-state index contributed by atoms with van der Waals surface area (Å²) in [6.45, 7) is 0. The number of anilines is 1. The molecule has 21 heavy (non-hydrogen) atoms. The molecular weight excluding hydrogens is 286 g/mol. The molecule has 8 heteroatoms. The van der Waals surface area contributed by atoms with Gasteiger partial charge in [0.15, 0.2) is 0 Å². The minimum atomic E-state index is -1.17. The van der Waals surface area contributed by atoms with Gasteiger partial charge < -0.3 is 10.4 Å². The van der Waals surface area contributed by atoms with Gasteiger partial charge in [-0.15, -0.1) is 0 Å². The number of rotatable bonds is 3. The van der Waals surface area contributed by atoms with Gasteiger partial charge in [-0.2, -0.15) is 0 Å². The highest BCUT2D eigenvalue weighted by molar-refractivity contribution is 6.05. The van der Waals surface area contributed by atoms with Crippen molar-refractivity contribution in [3.63, 3.8) is 0 Å². The summed E-state index contributed by atoms with van der Waals surface area (Å²) >= 11 is 0. The van der Waals surface area contributed by atoms with Crippen LogP contribution < -0.4 is 5.32 Å². The molecule has 6 nitrogen and oxygen atoms in total. The van der Waals surface area contributed by atoms with Gasteiger partial charge in [0.1, 0.15) is 22.9 Å². The van der Waals surface area contributed by atoms with Gasteiger partial charge in [-0.25, -0.2) is 8.78 Å². The van der Waals surface area contributed by atoms with E-state index < -0.39 is 39.5 Å². The number of halogens is 2. The third kappa shape index (κ3) is 2.94. The molecule has 0 heterocycles. The van der Waals surface area contributed by atoms with Crippen molar-refractivity contribution in [2.45, 2.75) is 0 Å². The van der Waals surface area contributed by atoms with Gasteiger partial charge in [0.05, 0.1) is 10.6 Å². The second-order valence-corrected chi connectivity index (χ2v) is 4.01. The van der Waals surface area contributed by atoms with Gasteiger partial charge in [0.25, 0.3) is 11.6 Å². The molecule has 0 atom stereocenters. The number of non-ortho nitro benzene ring substituents is 1. The SMILES string of the molecule is O=C(Nc1cc([N+](=O)[O-])ccc1O)c1c(F)cccc1F. The van der Waals surface area contributed by atoms with Crippen LogP contribution in [0.2, 0.25) is 0 Å². The van der Waals surface area contributed by atoms with E-state index in [1.54, 1.807) is 0 Å². The highest BCUT2D eigenvalue weighted by Crippen LogP contribution is 2.28. The molecular formula is C13H8F2N2O4. The number of hydrogen-bond donors (Lipinski definition) is 2. The summed E-state index contributed by atoms with van der Waals surface area (Å²) in [6, 6.07) is 5.77. The van der Waals surface area contributed by atoms with Gasteiger partial charge in [0, 0.05) is 12.1 Å². The average Bonchev–Trinajstić information content (AvgIpc) is 2.40. The van der Waals surface area contributed by atoms with Crippen LogP contribution in [0.1, 0.15) is 10.4 Å². The molecule has 2 aromatic carbocycles. The summed E-state index contributed by atoms with van der Waals surface area (Å²) < 4.78 is 26.9. The van der Waals surface area contributed by atoms with Gasteiger partial charge in [-0.05, 0) is 18.2 Å². The monoisotopic (exact) mass is 294 g/mol. The van der Waals surface area contributed by atoms with Gasteiger partial charge in [-0.3, -0.25) is 14.9 Å². The van der Waals surface area contributed by atoms with Crippen molar-refractivity contribution in [1.82, 2.24) is 0 Å². The van der Waals surface area contributed by atoms with Crippen LogP contribution in [0.4, 0.5) is 20.2 Å². The number of nitrogens with zero attached hydrogens (tertiary/aromatic N) is 1. The van der Waals surface area contributed by atoms with Crippen LogP contribution in [0.3, 0.4) is 0 Å². The number of nitro groups is 1. The highest BCUT2D eigenvalue weighted by atomic mass is 19.1. The van der Waals surface area contributed by atoms with Crippen molar-refractivity contribution >= 4 is 17.3 Å². The van der Waals surface area contributed by atoms with Crippen molar-refractivity contribution in [1.29, 1.82) is 0 Å². The van der Waals surface area contributed by atoms with Gasteiger partial charge in [-0.1, -0.05) is 6.07 Å². The summed E-state index contributed by atoms with van der Waals surface area (Å²) in [5.74, 6) is -3.80. The van der Waals surface area contributed by atoms with E-state index in [0.29, 0.717) is 0 Å². The zero-order chi connectivity index (χ0) is 15.6. The van der Waals surface area contributed by atoms with Crippen LogP contribution >= 0.6 is 0 Å². The molecule has 0 aromatic heterocycles. The molecule has 2 rings (SSSR count). The van der Waals surface area contributed by atoms with E-state index in [9.17, 15) is 28.8 Å². The Balaban J connectivity index is 2.36. The van der Waals surface area contributed by atoms with Crippen molar-refractivity contribution < 1.29 is 23.6 Å². The van der Waals surface area contributed by atoms with E-state index in [0.717, 1.165) is 36.4 Å². The zero-order valence-corrected chi connectivity index (χ0v) is 10.3. The number of carbonyl (C=O) groups is 1. The van der Waals surface area contributed by atoms with Crippen LogP contribution in [0, 0.1) is 21.7 Å². The summed E-state index contributed by atoms with van der Waals surface area (Å²) in [5, 5.41) is 22.2. The molecule has 0 radical (unpaired) electrons. The maximum atomic E-state index is 13.4. The summed E-state index contributed by atoms with van der Waals surface area (Å²) in [4.78, 5) is 21.7. The third-order valence-corrected chi connectivity index (χ3v) is 2.63. The van der Waals surface area contributed by atoms with Crippen LogP contribution in [0.15, 0.2) is 36.4 Å². The predicted molar refractivity (Wildman–Crippen MR) is 69.1 cm³/mol. The van der Waals surface area contributed by atoms with Crippen LogP contribution in [-0.4, -0.2) is 15.9 Å². The molecule has 0 aliphatic carbocycles. The highest BCUT2D eigenvalue weighted by Gasteiger charge is 2.19. The standard InChI is InChI=1S/C13H8F2N2O4/c14-8-2-1-3-9(15)12(8)13(19)16-10-6-7(17(20)21)4-5-11(10)18/h1-6,18H,(H,16,19). The summed E-state index contributed by atoms with van der Waals surface area (Å²) in [5.41, 5.74) is -1.56. The van der Waals surface area contributed by atoms with Crippen LogP contribution in [0.5, 0.6) is 5.75 Å². The number of phenolic OH excluding ortho intramolecular Hbond substituents is 1. The first-order valence-electron chi connectivity index (χ1n) is 5.63. The van der Waals surface area contributed by atoms with E-state index in [-0.39, 0.29) is 5.69 Å². The number of benzene rings is 2. The maximum Gasteiger partial charge on any atom is 0.271 e. The Bertz CT molecular complexity index is 714. The quantitative estimate of drug-likeness (QED) is 0.517. The molecule has 0 aliphatic heterocycles. The van der Waals surface area contributed by atoms with E-state index in [4.69, 9.17) is 0 Å². The molecule has 108 valence electrons. The summed E-state index contributed by atoms with van der Waals surface area (Å²) in [7, 11) is 0.